The molecule has 88 valence electrons. The van der Waals surface area contributed by atoms with Crippen LogP contribution in [0.4, 0.5) is 5.69 Å². The van der Waals surface area contributed by atoms with Crippen molar-refractivity contribution in [3.8, 4) is 5.75 Å². The third-order valence-corrected chi connectivity index (χ3v) is 2.31. The van der Waals surface area contributed by atoms with Crippen LogP contribution in [0.3, 0.4) is 0 Å². The molecule has 1 N–H and O–H groups in total. The standard InChI is InChI=1S/C11H14ClNO3/c1-7-4-8(12)5-9(11(7)16-3)13-6-10(14)15-2/h4-5,13H,6H2,1-3H3. The first-order valence-corrected chi connectivity index (χ1v) is 5.11. The third kappa shape index (κ3) is 3.03. The third-order valence-electron chi connectivity index (χ3n) is 2.09. The van der Waals surface area contributed by atoms with E-state index in [4.69, 9.17) is 16.3 Å². The number of hydrogen-bond donors (Lipinski definition) is 1. The van der Waals surface area contributed by atoms with E-state index in [0.29, 0.717) is 16.5 Å². The lowest BCUT2D eigenvalue weighted by atomic mass is 10.2. The maximum Gasteiger partial charge on any atom is 0.325 e. The quantitative estimate of drug-likeness (QED) is 0.824. The lowest BCUT2D eigenvalue weighted by molar-refractivity contribution is -0.138. The van der Waals surface area contributed by atoms with Crippen molar-refractivity contribution in [2.24, 2.45) is 0 Å². The van der Waals surface area contributed by atoms with Crippen LogP contribution >= 0.6 is 11.6 Å². The smallest absolute Gasteiger partial charge is 0.325 e. The van der Waals surface area contributed by atoms with Crippen molar-refractivity contribution in [1.29, 1.82) is 0 Å². The van der Waals surface area contributed by atoms with Gasteiger partial charge < -0.3 is 14.8 Å². The molecule has 0 aromatic heterocycles. The van der Waals surface area contributed by atoms with Crippen LogP contribution in [0, 0.1) is 6.92 Å². The molecule has 0 atom stereocenters. The molecule has 0 radical (unpaired) electrons. The molecular formula is C11H14ClNO3. The van der Waals surface area contributed by atoms with E-state index in [1.54, 1.807) is 19.2 Å². The minimum absolute atomic E-state index is 0.0760. The van der Waals surface area contributed by atoms with E-state index in [1.165, 1.54) is 7.11 Å². The first kappa shape index (κ1) is 12.6. The molecular weight excluding hydrogens is 230 g/mol. The highest BCUT2D eigenvalue weighted by atomic mass is 35.5. The Balaban J connectivity index is 2.89. The number of rotatable bonds is 4. The van der Waals surface area contributed by atoms with E-state index in [9.17, 15) is 4.79 Å². The van der Waals surface area contributed by atoms with E-state index in [1.807, 2.05) is 6.92 Å². The Morgan fingerprint density at radius 1 is 1.44 bits per heavy atom. The van der Waals surface area contributed by atoms with Gasteiger partial charge in [0.15, 0.2) is 0 Å². The second-order valence-electron chi connectivity index (χ2n) is 3.23. The van der Waals surface area contributed by atoms with Gasteiger partial charge in [0, 0.05) is 5.02 Å². The minimum atomic E-state index is -0.348. The minimum Gasteiger partial charge on any atom is -0.494 e. The summed E-state index contributed by atoms with van der Waals surface area (Å²) in [5.74, 6) is 0.327. The Hall–Kier alpha value is -1.42. The molecule has 0 heterocycles. The zero-order chi connectivity index (χ0) is 12.1. The van der Waals surface area contributed by atoms with Gasteiger partial charge in [-0.2, -0.15) is 0 Å². The summed E-state index contributed by atoms with van der Waals surface area (Å²) in [7, 11) is 2.91. The van der Waals surface area contributed by atoms with Crippen LogP contribution < -0.4 is 10.1 Å². The predicted molar refractivity (Wildman–Crippen MR) is 63.2 cm³/mol. The molecule has 0 fully saturated rings. The van der Waals surface area contributed by atoms with Crippen LogP contribution in [0.15, 0.2) is 12.1 Å². The van der Waals surface area contributed by atoms with E-state index in [-0.39, 0.29) is 12.5 Å². The molecule has 0 spiro atoms. The summed E-state index contributed by atoms with van der Waals surface area (Å²) in [5, 5.41) is 3.50. The van der Waals surface area contributed by atoms with Crippen molar-refractivity contribution < 1.29 is 14.3 Å². The zero-order valence-electron chi connectivity index (χ0n) is 9.46. The topological polar surface area (TPSA) is 47.6 Å². The van der Waals surface area contributed by atoms with Gasteiger partial charge in [-0.15, -0.1) is 0 Å². The second kappa shape index (κ2) is 5.61. The van der Waals surface area contributed by atoms with Crippen molar-refractivity contribution in [3.63, 3.8) is 0 Å². The summed E-state index contributed by atoms with van der Waals surface area (Å²) in [6, 6.07) is 3.50. The molecule has 0 aliphatic heterocycles. The van der Waals surface area contributed by atoms with Gasteiger partial charge in [-0.3, -0.25) is 4.79 Å². The van der Waals surface area contributed by atoms with Gasteiger partial charge in [0.2, 0.25) is 0 Å². The number of benzene rings is 1. The fourth-order valence-electron chi connectivity index (χ4n) is 1.37. The first-order valence-electron chi connectivity index (χ1n) is 4.73. The van der Waals surface area contributed by atoms with Gasteiger partial charge >= 0.3 is 5.97 Å². The number of esters is 1. The molecule has 0 amide bonds. The second-order valence-corrected chi connectivity index (χ2v) is 3.67. The van der Waals surface area contributed by atoms with Crippen molar-refractivity contribution in [2.45, 2.75) is 6.92 Å². The number of aryl methyl sites for hydroxylation is 1. The summed E-state index contributed by atoms with van der Waals surface area (Å²) < 4.78 is 9.75. The van der Waals surface area contributed by atoms with E-state index in [0.717, 1.165) is 5.56 Å². The van der Waals surface area contributed by atoms with E-state index in [2.05, 4.69) is 10.1 Å². The van der Waals surface area contributed by atoms with Crippen molar-refractivity contribution in [3.05, 3.63) is 22.7 Å². The Labute approximate surface area is 99.5 Å². The average molecular weight is 244 g/mol. The normalized spacial score (nSPS) is 9.75. The number of halogens is 1. The molecule has 0 saturated carbocycles. The van der Waals surface area contributed by atoms with Crippen molar-refractivity contribution in [2.75, 3.05) is 26.1 Å². The highest BCUT2D eigenvalue weighted by molar-refractivity contribution is 6.31. The SMILES string of the molecule is COC(=O)CNc1cc(Cl)cc(C)c1OC. The maximum absolute atomic E-state index is 11.0. The first-order chi connectivity index (χ1) is 7.58. The molecule has 1 rings (SSSR count). The zero-order valence-corrected chi connectivity index (χ0v) is 10.2. The van der Waals surface area contributed by atoms with Crippen molar-refractivity contribution >= 4 is 23.3 Å². The highest BCUT2D eigenvalue weighted by Gasteiger charge is 2.09. The molecule has 0 aliphatic rings. The molecule has 16 heavy (non-hydrogen) atoms. The summed E-state index contributed by atoms with van der Waals surface area (Å²) in [6.07, 6.45) is 0. The van der Waals surface area contributed by atoms with Gasteiger partial charge in [0.25, 0.3) is 0 Å². The van der Waals surface area contributed by atoms with Crippen LogP contribution in [0.25, 0.3) is 0 Å². The molecule has 1 aromatic carbocycles. The van der Waals surface area contributed by atoms with Crippen molar-refractivity contribution in [1.82, 2.24) is 0 Å². The van der Waals surface area contributed by atoms with Gasteiger partial charge in [-0.05, 0) is 24.6 Å². The molecule has 0 aliphatic carbocycles. The molecule has 0 unspecified atom stereocenters. The molecule has 0 saturated heterocycles. The summed E-state index contributed by atoms with van der Waals surface area (Å²) in [4.78, 5) is 11.0. The lowest BCUT2D eigenvalue weighted by Crippen LogP contribution is -2.15. The van der Waals surface area contributed by atoms with Crippen LogP contribution in [0.5, 0.6) is 5.75 Å². The summed E-state index contributed by atoms with van der Waals surface area (Å²) in [6.45, 7) is 1.96. The number of methoxy groups -OCH3 is 2. The molecule has 5 heteroatoms. The van der Waals surface area contributed by atoms with Gasteiger partial charge in [0.1, 0.15) is 12.3 Å². The molecule has 1 aromatic rings. The maximum atomic E-state index is 11.0. The monoisotopic (exact) mass is 243 g/mol. The number of carbonyl (C=O) groups is 1. The average Bonchev–Trinajstić information content (AvgIpc) is 2.25. The number of carbonyl (C=O) groups excluding carboxylic acids is 1. The Morgan fingerprint density at radius 3 is 2.69 bits per heavy atom. The fourth-order valence-corrected chi connectivity index (χ4v) is 1.64. The fraction of sp³-hybridized carbons (Fsp3) is 0.364. The lowest BCUT2D eigenvalue weighted by Gasteiger charge is -2.13. The predicted octanol–water partition coefficient (Wildman–Crippen LogP) is 2.24. The van der Waals surface area contributed by atoms with E-state index >= 15 is 0 Å². The number of nitrogens with one attached hydrogen (secondary N) is 1. The van der Waals surface area contributed by atoms with Gasteiger partial charge in [-0.1, -0.05) is 11.6 Å². The Kier molecular flexibility index (Phi) is 4.43. The summed E-state index contributed by atoms with van der Waals surface area (Å²) in [5.41, 5.74) is 1.58. The highest BCUT2D eigenvalue weighted by Crippen LogP contribution is 2.31. The van der Waals surface area contributed by atoms with Crippen LogP contribution in [-0.2, 0) is 9.53 Å². The summed E-state index contributed by atoms with van der Waals surface area (Å²) >= 11 is 5.92. The number of anilines is 1. The van der Waals surface area contributed by atoms with Crippen LogP contribution in [0.1, 0.15) is 5.56 Å². The largest absolute Gasteiger partial charge is 0.494 e. The number of hydrogen-bond acceptors (Lipinski definition) is 4. The van der Waals surface area contributed by atoms with Crippen LogP contribution in [0.2, 0.25) is 5.02 Å². The molecule has 4 nitrogen and oxygen atoms in total. The Morgan fingerprint density at radius 2 is 2.12 bits per heavy atom. The van der Waals surface area contributed by atoms with Gasteiger partial charge in [-0.25, -0.2) is 0 Å². The number of ether oxygens (including phenoxy) is 2. The molecule has 0 bridgehead atoms. The van der Waals surface area contributed by atoms with E-state index < -0.39 is 0 Å². The van der Waals surface area contributed by atoms with Crippen LogP contribution in [-0.4, -0.2) is 26.7 Å². The van der Waals surface area contributed by atoms with Gasteiger partial charge in [0.05, 0.1) is 19.9 Å². The Bertz CT molecular complexity index is 393.